The summed E-state index contributed by atoms with van der Waals surface area (Å²) in [6, 6.07) is 2.14. The van der Waals surface area contributed by atoms with Crippen molar-refractivity contribution >= 4 is 0 Å². The van der Waals surface area contributed by atoms with Gasteiger partial charge in [0.15, 0.2) is 0 Å². The van der Waals surface area contributed by atoms with Crippen LogP contribution in [0.25, 0.3) is 0 Å². The number of nitriles is 1. The molecular weight excluding hydrogens is 98.1 g/mol. The van der Waals surface area contributed by atoms with Gasteiger partial charge in [0.05, 0.1) is 6.07 Å². The standard InChI is InChI=1S/C7H11N/c1-4-6(2)7(3)5-8/h4,6-7H,1H2,2-3H3. The van der Waals surface area contributed by atoms with Crippen LogP contribution in [0.1, 0.15) is 13.8 Å². The molecule has 0 aromatic heterocycles. The van der Waals surface area contributed by atoms with E-state index in [9.17, 15) is 0 Å². The van der Waals surface area contributed by atoms with Crippen LogP contribution in [0.15, 0.2) is 12.7 Å². The lowest BCUT2D eigenvalue weighted by molar-refractivity contribution is 0.571. The molecule has 0 amide bonds. The van der Waals surface area contributed by atoms with Crippen LogP contribution in [0.5, 0.6) is 0 Å². The Morgan fingerprint density at radius 1 is 1.62 bits per heavy atom. The fourth-order valence-electron chi connectivity index (χ4n) is 0.322. The molecule has 2 unspecified atom stereocenters. The van der Waals surface area contributed by atoms with E-state index >= 15 is 0 Å². The maximum atomic E-state index is 8.34. The van der Waals surface area contributed by atoms with Crippen molar-refractivity contribution in [1.82, 2.24) is 0 Å². The van der Waals surface area contributed by atoms with Crippen molar-refractivity contribution in [2.45, 2.75) is 13.8 Å². The van der Waals surface area contributed by atoms with Crippen LogP contribution >= 0.6 is 0 Å². The van der Waals surface area contributed by atoms with Crippen LogP contribution in [0, 0.1) is 23.2 Å². The largest absolute Gasteiger partial charge is 0.198 e. The van der Waals surface area contributed by atoms with E-state index in [-0.39, 0.29) is 5.92 Å². The molecule has 0 N–H and O–H groups in total. The van der Waals surface area contributed by atoms with Gasteiger partial charge in [0.1, 0.15) is 0 Å². The van der Waals surface area contributed by atoms with Crippen molar-refractivity contribution in [2.24, 2.45) is 11.8 Å². The van der Waals surface area contributed by atoms with Crippen molar-refractivity contribution in [3.8, 4) is 6.07 Å². The highest BCUT2D eigenvalue weighted by molar-refractivity contribution is 4.90. The van der Waals surface area contributed by atoms with Crippen LogP contribution in [0.3, 0.4) is 0 Å². The first-order valence-electron chi connectivity index (χ1n) is 2.74. The lowest BCUT2D eigenvalue weighted by atomic mass is 9.98. The fourth-order valence-corrected chi connectivity index (χ4v) is 0.322. The normalized spacial score (nSPS) is 16.1. The van der Waals surface area contributed by atoms with E-state index in [1.165, 1.54) is 0 Å². The Kier molecular flexibility index (Phi) is 2.95. The second-order valence-electron chi connectivity index (χ2n) is 2.01. The molecular formula is C7H11N. The molecule has 0 fully saturated rings. The van der Waals surface area contributed by atoms with E-state index in [2.05, 4.69) is 12.6 Å². The molecule has 0 aromatic carbocycles. The lowest BCUT2D eigenvalue weighted by Gasteiger charge is -2.04. The van der Waals surface area contributed by atoms with Gasteiger partial charge in [-0.15, -0.1) is 6.58 Å². The van der Waals surface area contributed by atoms with E-state index in [1.807, 2.05) is 13.8 Å². The van der Waals surface area contributed by atoms with Gasteiger partial charge in [0.25, 0.3) is 0 Å². The van der Waals surface area contributed by atoms with E-state index in [0.717, 1.165) is 0 Å². The zero-order valence-electron chi connectivity index (χ0n) is 5.39. The van der Waals surface area contributed by atoms with Crippen LogP contribution in [-0.4, -0.2) is 0 Å². The molecule has 0 saturated carbocycles. The second kappa shape index (κ2) is 3.26. The van der Waals surface area contributed by atoms with Gasteiger partial charge in [-0.2, -0.15) is 5.26 Å². The quantitative estimate of drug-likeness (QED) is 0.497. The Balaban J connectivity index is 3.66. The molecule has 0 rings (SSSR count). The molecule has 1 heteroatoms. The molecule has 1 nitrogen and oxygen atoms in total. The molecule has 44 valence electrons. The minimum Gasteiger partial charge on any atom is -0.198 e. The van der Waals surface area contributed by atoms with Gasteiger partial charge in [0, 0.05) is 5.92 Å². The Morgan fingerprint density at radius 2 is 2.12 bits per heavy atom. The summed E-state index contributed by atoms with van der Waals surface area (Å²) in [6.07, 6.45) is 1.80. The second-order valence-corrected chi connectivity index (χ2v) is 2.01. The van der Waals surface area contributed by atoms with Crippen molar-refractivity contribution in [3.05, 3.63) is 12.7 Å². The molecule has 0 radical (unpaired) electrons. The number of rotatable bonds is 2. The first kappa shape index (κ1) is 7.23. The van der Waals surface area contributed by atoms with E-state index in [4.69, 9.17) is 5.26 Å². The van der Waals surface area contributed by atoms with E-state index < -0.39 is 0 Å². The molecule has 0 aliphatic heterocycles. The molecule has 0 aliphatic carbocycles. The minimum atomic E-state index is 0.104. The molecule has 0 saturated heterocycles. The first-order valence-corrected chi connectivity index (χ1v) is 2.74. The third kappa shape index (κ3) is 1.79. The molecule has 0 aliphatic rings. The van der Waals surface area contributed by atoms with Gasteiger partial charge in [-0.25, -0.2) is 0 Å². The highest BCUT2D eigenvalue weighted by Gasteiger charge is 2.04. The van der Waals surface area contributed by atoms with Gasteiger partial charge >= 0.3 is 0 Å². The first-order chi connectivity index (χ1) is 3.72. The summed E-state index contributed by atoms with van der Waals surface area (Å²) in [7, 11) is 0. The summed E-state index contributed by atoms with van der Waals surface area (Å²) < 4.78 is 0. The average molecular weight is 109 g/mol. The number of hydrogen-bond donors (Lipinski definition) is 0. The molecule has 0 spiro atoms. The molecule has 0 aromatic rings. The summed E-state index contributed by atoms with van der Waals surface area (Å²) in [6.45, 7) is 7.46. The summed E-state index contributed by atoms with van der Waals surface area (Å²) in [5.41, 5.74) is 0. The van der Waals surface area contributed by atoms with Gasteiger partial charge in [-0.05, 0) is 12.8 Å². The number of allylic oxidation sites excluding steroid dienone is 1. The van der Waals surface area contributed by atoms with Crippen LogP contribution in [0.2, 0.25) is 0 Å². The smallest absolute Gasteiger partial charge is 0.0658 e. The fraction of sp³-hybridized carbons (Fsp3) is 0.571. The summed E-state index contributed by atoms with van der Waals surface area (Å²) in [5, 5.41) is 8.34. The topological polar surface area (TPSA) is 23.8 Å². The third-order valence-corrected chi connectivity index (χ3v) is 1.36. The lowest BCUT2D eigenvalue weighted by Crippen LogP contribution is -2.00. The zero-order valence-corrected chi connectivity index (χ0v) is 5.39. The Morgan fingerprint density at radius 3 is 2.25 bits per heavy atom. The predicted molar refractivity (Wildman–Crippen MR) is 34.1 cm³/mol. The van der Waals surface area contributed by atoms with E-state index in [0.29, 0.717) is 5.92 Å². The summed E-state index contributed by atoms with van der Waals surface area (Å²) in [4.78, 5) is 0. The maximum Gasteiger partial charge on any atom is 0.0658 e. The highest BCUT2D eigenvalue weighted by atomic mass is 14.3. The molecule has 0 heterocycles. The van der Waals surface area contributed by atoms with Crippen LogP contribution in [-0.2, 0) is 0 Å². The monoisotopic (exact) mass is 109 g/mol. The Labute approximate surface area is 50.6 Å². The minimum absolute atomic E-state index is 0.104. The average Bonchev–Trinajstić information content (AvgIpc) is 1.84. The van der Waals surface area contributed by atoms with Gasteiger partial charge in [0.2, 0.25) is 0 Å². The summed E-state index contributed by atoms with van der Waals surface area (Å²) in [5.74, 6) is 0.424. The SMILES string of the molecule is C=CC(C)C(C)C#N. The zero-order chi connectivity index (χ0) is 6.57. The van der Waals surface area contributed by atoms with E-state index in [1.54, 1.807) is 6.08 Å². The van der Waals surface area contributed by atoms with Crippen molar-refractivity contribution < 1.29 is 0 Å². The third-order valence-electron chi connectivity index (χ3n) is 1.36. The Bertz CT molecular complexity index is 110. The molecule has 2 atom stereocenters. The Hall–Kier alpha value is -0.770. The summed E-state index contributed by atoms with van der Waals surface area (Å²) >= 11 is 0. The van der Waals surface area contributed by atoms with Crippen molar-refractivity contribution in [1.29, 1.82) is 5.26 Å². The van der Waals surface area contributed by atoms with Crippen LogP contribution in [0.4, 0.5) is 0 Å². The molecule has 0 bridgehead atoms. The highest BCUT2D eigenvalue weighted by Crippen LogP contribution is 2.08. The van der Waals surface area contributed by atoms with Gasteiger partial charge in [-0.3, -0.25) is 0 Å². The number of hydrogen-bond acceptors (Lipinski definition) is 1. The predicted octanol–water partition coefficient (Wildman–Crippen LogP) is 1.97. The number of nitrogens with zero attached hydrogens (tertiary/aromatic N) is 1. The van der Waals surface area contributed by atoms with Gasteiger partial charge in [-0.1, -0.05) is 13.0 Å². The van der Waals surface area contributed by atoms with Crippen molar-refractivity contribution in [3.63, 3.8) is 0 Å². The van der Waals surface area contributed by atoms with Gasteiger partial charge < -0.3 is 0 Å². The molecule has 8 heavy (non-hydrogen) atoms. The maximum absolute atomic E-state index is 8.34. The van der Waals surface area contributed by atoms with Crippen LogP contribution < -0.4 is 0 Å². The van der Waals surface area contributed by atoms with Crippen molar-refractivity contribution in [2.75, 3.05) is 0 Å².